The Hall–Kier alpha value is -2.08. The molecule has 0 bridgehead atoms. The number of amides is 3. The third-order valence-electron chi connectivity index (χ3n) is 4.29. The van der Waals surface area contributed by atoms with Crippen molar-refractivity contribution in [3.8, 4) is 5.75 Å². The predicted molar refractivity (Wildman–Crippen MR) is 79.7 cm³/mol. The summed E-state index contributed by atoms with van der Waals surface area (Å²) in [6, 6.07) is 6.52. The van der Waals surface area contributed by atoms with Crippen molar-refractivity contribution in [2.24, 2.45) is 0 Å². The number of imide groups is 1. The largest absolute Gasteiger partial charge is 0.497 e. The monoisotopic (exact) mass is 304 g/mol. The van der Waals surface area contributed by atoms with E-state index in [-0.39, 0.29) is 24.1 Å². The van der Waals surface area contributed by atoms with Crippen molar-refractivity contribution in [2.75, 3.05) is 13.7 Å². The Labute approximate surface area is 129 Å². The van der Waals surface area contributed by atoms with Crippen LogP contribution < -0.4 is 10.1 Å². The van der Waals surface area contributed by atoms with Crippen LogP contribution in [0.2, 0.25) is 0 Å². The Kier molecular flexibility index (Phi) is 4.02. The van der Waals surface area contributed by atoms with E-state index in [1.807, 2.05) is 31.2 Å². The molecule has 2 heterocycles. The van der Waals surface area contributed by atoms with Crippen LogP contribution in [0.4, 0.5) is 4.79 Å². The Balaban J connectivity index is 1.73. The van der Waals surface area contributed by atoms with E-state index in [1.165, 1.54) is 4.90 Å². The standard InChI is InChI=1S/C16H20N2O4/c1-10-14(6-7-22-10)18-15(19)13(17-16(18)20)9-11-4-3-5-12(8-11)21-2/h3-5,8,10,13-14H,6-7,9H2,1-2H3,(H,17,20). The molecular formula is C16H20N2O4. The molecule has 22 heavy (non-hydrogen) atoms. The molecule has 2 saturated heterocycles. The average molecular weight is 304 g/mol. The van der Waals surface area contributed by atoms with E-state index in [1.54, 1.807) is 7.11 Å². The summed E-state index contributed by atoms with van der Waals surface area (Å²) in [5.74, 6) is 0.569. The summed E-state index contributed by atoms with van der Waals surface area (Å²) in [4.78, 5) is 26.1. The van der Waals surface area contributed by atoms with Crippen molar-refractivity contribution >= 4 is 11.9 Å². The summed E-state index contributed by atoms with van der Waals surface area (Å²) >= 11 is 0. The zero-order chi connectivity index (χ0) is 15.7. The van der Waals surface area contributed by atoms with E-state index >= 15 is 0 Å². The second kappa shape index (κ2) is 5.96. The van der Waals surface area contributed by atoms with Gasteiger partial charge in [-0.2, -0.15) is 0 Å². The van der Waals surface area contributed by atoms with Crippen molar-refractivity contribution in [3.05, 3.63) is 29.8 Å². The average Bonchev–Trinajstić information content (AvgIpc) is 3.03. The van der Waals surface area contributed by atoms with Gasteiger partial charge in [0.2, 0.25) is 0 Å². The molecule has 0 aliphatic carbocycles. The number of hydrogen-bond donors (Lipinski definition) is 1. The lowest BCUT2D eigenvalue weighted by atomic mass is 10.0. The fraction of sp³-hybridized carbons (Fsp3) is 0.500. The highest BCUT2D eigenvalue weighted by molar-refractivity contribution is 6.04. The molecule has 2 fully saturated rings. The summed E-state index contributed by atoms with van der Waals surface area (Å²) in [6.45, 7) is 2.48. The number of nitrogens with zero attached hydrogens (tertiary/aromatic N) is 1. The van der Waals surface area contributed by atoms with E-state index in [0.29, 0.717) is 19.4 Å². The first kappa shape index (κ1) is 14.8. The molecule has 1 aromatic rings. The Morgan fingerprint density at radius 3 is 2.91 bits per heavy atom. The van der Waals surface area contributed by atoms with Crippen molar-refractivity contribution in [2.45, 2.75) is 38.0 Å². The van der Waals surface area contributed by atoms with Gasteiger partial charge in [0, 0.05) is 13.0 Å². The number of ether oxygens (including phenoxy) is 2. The minimum atomic E-state index is -0.521. The Morgan fingerprint density at radius 1 is 1.41 bits per heavy atom. The molecule has 3 unspecified atom stereocenters. The molecule has 3 amide bonds. The molecule has 0 aromatic heterocycles. The van der Waals surface area contributed by atoms with Crippen LogP contribution >= 0.6 is 0 Å². The summed E-state index contributed by atoms with van der Waals surface area (Å²) in [5, 5.41) is 2.78. The van der Waals surface area contributed by atoms with Crippen molar-refractivity contribution in [1.82, 2.24) is 10.2 Å². The maximum atomic E-state index is 12.6. The molecule has 6 nitrogen and oxygen atoms in total. The fourth-order valence-electron chi connectivity index (χ4n) is 3.10. The summed E-state index contributed by atoms with van der Waals surface area (Å²) in [5.41, 5.74) is 0.954. The lowest BCUT2D eigenvalue weighted by Gasteiger charge is -2.23. The number of nitrogens with one attached hydrogen (secondary N) is 1. The molecule has 1 N–H and O–H groups in total. The highest BCUT2D eigenvalue weighted by Crippen LogP contribution is 2.24. The smallest absolute Gasteiger partial charge is 0.325 e. The van der Waals surface area contributed by atoms with Crippen LogP contribution in [0.15, 0.2) is 24.3 Å². The first-order valence-corrected chi connectivity index (χ1v) is 7.48. The minimum absolute atomic E-state index is 0.106. The van der Waals surface area contributed by atoms with Crippen molar-refractivity contribution < 1.29 is 19.1 Å². The molecule has 1 aromatic carbocycles. The number of hydrogen-bond acceptors (Lipinski definition) is 4. The van der Waals surface area contributed by atoms with E-state index in [9.17, 15) is 9.59 Å². The molecule has 0 saturated carbocycles. The van der Waals surface area contributed by atoms with Crippen LogP contribution in [0.5, 0.6) is 5.75 Å². The van der Waals surface area contributed by atoms with E-state index < -0.39 is 6.04 Å². The number of methoxy groups -OCH3 is 1. The SMILES string of the molecule is COc1cccc(CC2NC(=O)N(C3CCOC3C)C2=O)c1. The summed E-state index contributed by atoms with van der Waals surface area (Å²) < 4.78 is 10.7. The number of carbonyl (C=O) groups is 2. The number of benzene rings is 1. The second-order valence-electron chi connectivity index (χ2n) is 5.70. The van der Waals surface area contributed by atoms with Crippen LogP contribution in [0, 0.1) is 0 Å². The highest BCUT2D eigenvalue weighted by Gasteiger charge is 2.45. The third-order valence-corrected chi connectivity index (χ3v) is 4.29. The van der Waals surface area contributed by atoms with Gasteiger partial charge in [0.1, 0.15) is 11.8 Å². The van der Waals surface area contributed by atoms with Gasteiger partial charge in [0.05, 0.1) is 19.3 Å². The first-order valence-electron chi connectivity index (χ1n) is 7.48. The topological polar surface area (TPSA) is 67.9 Å². The number of rotatable bonds is 4. The van der Waals surface area contributed by atoms with Crippen LogP contribution in [-0.4, -0.2) is 48.7 Å². The molecule has 0 spiro atoms. The van der Waals surface area contributed by atoms with Crippen LogP contribution in [0.25, 0.3) is 0 Å². The van der Waals surface area contributed by atoms with Crippen molar-refractivity contribution in [3.63, 3.8) is 0 Å². The second-order valence-corrected chi connectivity index (χ2v) is 5.70. The predicted octanol–water partition coefficient (Wildman–Crippen LogP) is 1.34. The van der Waals surface area contributed by atoms with Gasteiger partial charge in [0.25, 0.3) is 5.91 Å². The Bertz CT molecular complexity index is 589. The molecule has 3 rings (SSSR count). The van der Waals surface area contributed by atoms with Gasteiger partial charge in [-0.15, -0.1) is 0 Å². The Morgan fingerprint density at radius 2 is 2.23 bits per heavy atom. The molecule has 6 heteroatoms. The lowest BCUT2D eigenvalue weighted by Crippen LogP contribution is -2.44. The number of carbonyl (C=O) groups excluding carboxylic acids is 2. The van der Waals surface area contributed by atoms with E-state index in [0.717, 1.165) is 11.3 Å². The van der Waals surface area contributed by atoms with Crippen LogP contribution in [0.1, 0.15) is 18.9 Å². The van der Waals surface area contributed by atoms with Gasteiger partial charge in [-0.1, -0.05) is 12.1 Å². The molecular weight excluding hydrogens is 284 g/mol. The first-order chi connectivity index (χ1) is 10.6. The van der Waals surface area contributed by atoms with Crippen molar-refractivity contribution in [1.29, 1.82) is 0 Å². The molecule has 2 aliphatic rings. The lowest BCUT2D eigenvalue weighted by molar-refractivity contribution is -0.129. The molecule has 3 atom stereocenters. The highest BCUT2D eigenvalue weighted by atomic mass is 16.5. The van der Waals surface area contributed by atoms with Gasteiger partial charge in [0.15, 0.2) is 0 Å². The maximum absolute atomic E-state index is 12.6. The third kappa shape index (κ3) is 2.66. The zero-order valence-corrected chi connectivity index (χ0v) is 12.7. The van der Waals surface area contributed by atoms with Gasteiger partial charge in [-0.05, 0) is 31.0 Å². The normalized spacial score (nSPS) is 28.1. The maximum Gasteiger partial charge on any atom is 0.325 e. The zero-order valence-electron chi connectivity index (χ0n) is 12.7. The minimum Gasteiger partial charge on any atom is -0.497 e. The summed E-state index contributed by atoms with van der Waals surface area (Å²) in [7, 11) is 1.60. The van der Waals surface area contributed by atoms with Gasteiger partial charge < -0.3 is 14.8 Å². The summed E-state index contributed by atoms with van der Waals surface area (Å²) in [6.07, 6.45) is 1.05. The molecule has 2 aliphatic heterocycles. The van der Waals surface area contributed by atoms with Crippen LogP contribution in [-0.2, 0) is 16.0 Å². The fourth-order valence-corrected chi connectivity index (χ4v) is 3.10. The quantitative estimate of drug-likeness (QED) is 0.852. The van der Waals surface area contributed by atoms with E-state index in [2.05, 4.69) is 5.32 Å². The molecule has 0 radical (unpaired) electrons. The van der Waals surface area contributed by atoms with Crippen LogP contribution in [0.3, 0.4) is 0 Å². The van der Waals surface area contributed by atoms with Gasteiger partial charge in [-0.25, -0.2) is 4.79 Å². The number of urea groups is 1. The molecule has 118 valence electrons. The van der Waals surface area contributed by atoms with Gasteiger partial charge in [-0.3, -0.25) is 9.69 Å². The van der Waals surface area contributed by atoms with E-state index in [4.69, 9.17) is 9.47 Å². The van der Waals surface area contributed by atoms with Gasteiger partial charge >= 0.3 is 6.03 Å².